The first kappa shape index (κ1) is 11.9. The second-order valence-electron chi connectivity index (χ2n) is 1.10. The number of hydrogen-bond acceptors (Lipinski definition) is 3. The van der Waals surface area contributed by atoms with Gasteiger partial charge in [-0.05, 0) is 0 Å². The van der Waals surface area contributed by atoms with Gasteiger partial charge < -0.3 is 5.11 Å². The first-order chi connectivity index (χ1) is 3.85. The van der Waals surface area contributed by atoms with Crippen molar-refractivity contribution >= 4 is 51.4 Å². The molecule has 0 aliphatic heterocycles. The summed E-state index contributed by atoms with van der Waals surface area (Å²) in [6.07, 6.45) is 0.621. The van der Waals surface area contributed by atoms with E-state index in [1.165, 1.54) is 0 Å². The van der Waals surface area contributed by atoms with Gasteiger partial charge in [-0.15, -0.1) is 0 Å². The van der Waals surface area contributed by atoms with E-state index in [2.05, 4.69) is 0 Å². The average Bonchev–Trinajstić information content (AvgIpc) is 1.83. The molecule has 0 aliphatic rings. The Balaban J connectivity index is 0. The van der Waals surface area contributed by atoms with E-state index in [-0.39, 0.29) is 63.4 Å². The van der Waals surface area contributed by atoms with E-state index < -0.39 is 0 Å². The van der Waals surface area contributed by atoms with Crippen LogP contribution in [0.15, 0.2) is 11.8 Å². The van der Waals surface area contributed by atoms with E-state index in [1.807, 2.05) is 0 Å². The molecule has 0 rings (SSSR count). The van der Waals surface area contributed by atoms with Gasteiger partial charge in [-0.25, -0.2) is 0 Å². The molecule has 0 aromatic rings. The fourth-order valence-corrected chi connectivity index (χ4v) is 0.199. The third kappa shape index (κ3) is 6.04. The number of nitrogens with zero attached hydrogens (tertiary/aromatic N) is 2. The Morgan fingerprint density at radius 2 is 2.11 bits per heavy atom. The van der Waals surface area contributed by atoms with Crippen LogP contribution in [0.25, 0.3) is 0 Å². The van der Waals surface area contributed by atoms with Crippen LogP contribution in [0.4, 0.5) is 0 Å². The van der Waals surface area contributed by atoms with Crippen molar-refractivity contribution in [3.63, 3.8) is 0 Å². The number of nitriles is 2. The predicted octanol–water partition coefficient (Wildman–Crippen LogP) is 0.217. The quantitative estimate of drug-likeness (QED) is 0.328. The zero-order chi connectivity index (χ0) is 6.41. The van der Waals surface area contributed by atoms with Gasteiger partial charge in [0.2, 0.25) is 0 Å². The summed E-state index contributed by atoms with van der Waals surface area (Å²) in [5.41, 5.74) is 0.0903. The normalized spacial score (nSPS) is 8.44. The SMILES string of the molecule is N#CCC(C#N)=CO.[KH]. The standard InChI is InChI=1S/C5H4N2O.K.H/c6-2-1-5(3-7)4-8;;/h4,8H,1H2;;. The molecule has 0 atom stereocenters. The number of aliphatic hydroxyl groups is 1. The molecular formula is C5H5KN2O. The molecule has 0 amide bonds. The Morgan fingerprint density at radius 1 is 1.56 bits per heavy atom. The van der Waals surface area contributed by atoms with Crippen LogP contribution in [-0.4, -0.2) is 56.5 Å². The number of aliphatic hydroxyl groups excluding tert-OH is 1. The first-order valence-corrected chi connectivity index (χ1v) is 1.95. The van der Waals surface area contributed by atoms with E-state index in [0.717, 1.165) is 0 Å². The average molecular weight is 148 g/mol. The van der Waals surface area contributed by atoms with Crippen molar-refractivity contribution in [1.82, 2.24) is 0 Å². The monoisotopic (exact) mass is 148 g/mol. The molecule has 0 aromatic heterocycles. The maximum atomic E-state index is 8.12. The summed E-state index contributed by atoms with van der Waals surface area (Å²) in [5, 5.41) is 24.1. The van der Waals surface area contributed by atoms with Gasteiger partial charge in [-0.3, -0.25) is 0 Å². The molecule has 0 aliphatic carbocycles. The van der Waals surface area contributed by atoms with Gasteiger partial charge in [0, 0.05) is 0 Å². The Bertz CT molecular complexity index is 174. The Hall–Kier alpha value is 0.156. The van der Waals surface area contributed by atoms with Gasteiger partial charge in [0.15, 0.2) is 0 Å². The summed E-state index contributed by atoms with van der Waals surface area (Å²) < 4.78 is 0. The summed E-state index contributed by atoms with van der Waals surface area (Å²) in [7, 11) is 0. The van der Waals surface area contributed by atoms with Crippen molar-refractivity contribution in [1.29, 1.82) is 10.5 Å². The molecule has 42 valence electrons. The fourth-order valence-electron chi connectivity index (χ4n) is 0.199. The van der Waals surface area contributed by atoms with Crippen molar-refractivity contribution in [2.45, 2.75) is 6.42 Å². The van der Waals surface area contributed by atoms with Crippen LogP contribution in [0.1, 0.15) is 6.42 Å². The molecule has 0 fully saturated rings. The van der Waals surface area contributed by atoms with E-state index in [9.17, 15) is 0 Å². The van der Waals surface area contributed by atoms with Crippen LogP contribution >= 0.6 is 0 Å². The van der Waals surface area contributed by atoms with Crippen molar-refractivity contribution in [3.05, 3.63) is 11.8 Å². The Kier molecular flexibility index (Phi) is 10.8. The second-order valence-corrected chi connectivity index (χ2v) is 1.10. The van der Waals surface area contributed by atoms with Gasteiger partial charge >= 0.3 is 51.4 Å². The van der Waals surface area contributed by atoms with Gasteiger partial charge in [0.25, 0.3) is 0 Å². The Labute approximate surface area is 96.0 Å². The Morgan fingerprint density at radius 3 is 2.22 bits per heavy atom. The summed E-state index contributed by atoms with van der Waals surface area (Å²) in [5.74, 6) is 0. The molecule has 4 heteroatoms. The fraction of sp³-hybridized carbons (Fsp3) is 0.200. The molecule has 0 bridgehead atoms. The third-order valence-corrected chi connectivity index (χ3v) is 0.569. The zero-order valence-electron chi connectivity index (χ0n) is 4.13. The number of allylic oxidation sites excluding steroid dienone is 1. The molecular weight excluding hydrogens is 143 g/mol. The molecule has 3 nitrogen and oxygen atoms in total. The van der Waals surface area contributed by atoms with Crippen LogP contribution in [0, 0.1) is 22.7 Å². The summed E-state index contributed by atoms with van der Waals surface area (Å²) in [6, 6.07) is 3.36. The topological polar surface area (TPSA) is 67.8 Å². The molecule has 9 heavy (non-hydrogen) atoms. The van der Waals surface area contributed by atoms with Crippen LogP contribution in [0.3, 0.4) is 0 Å². The van der Waals surface area contributed by atoms with Gasteiger partial charge in [0.1, 0.15) is 0 Å². The summed E-state index contributed by atoms with van der Waals surface area (Å²) in [6.45, 7) is 0. The van der Waals surface area contributed by atoms with E-state index >= 15 is 0 Å². The van der Waals surface area contributed by atoms with Crippen LogP contribution in [0.5, 0.6) is 0 Å². The van der Waals surface area contributed by atoms with Crippen molar-refractivity contribution in [2.24, 2.45) is 0 Å². The minimum atomic E-state index is -0.0208. The van der Waals surface area contributed by atoms with E-state index in [4.69, 9.17) is 15.6 Å². The maximum absolute atomic E-state index is 8.12. The summed E-state index contributed by atoms with van der Waals surface area (Å²) >= 11 is 0. The van der Waals surface area contributed by atoms with Crippen LogP contribution in [0.2, 0.25) is 0 Å². The molecule has 0 aromatic carbocycles. The molecule has 1 N–H and O–H groups in total. The van der Waals surface area contributed by atoms with E-state index in [0.29, 0.717) is 6.26 Å². The molecule has 0 spiro atoms. The molecule has 0 saturated carbocycles. The number of hydrogen-bond donors (Lipinski definition) is 1. The zero-order valence-corrected chi connectivity index (χ0v) is 4.13. The minimum absolute atomic E-state index is 0. The molecule has 0 unspecified atom stereocenters. The molecule has 0 saturated heterocycles. The first-order valence-electron chi connectivity index (χ1n) is 1.95. The third-order valence-electron chi connectivity index (χ3n) is 0.569. The molecule has 0 heterocycles. The van der Waals surface area contributed by atoms with Crippen LogP contribution in [-0.2, 0) is 0 Å². The van der Waals surface area contributed by atoms with Crippen molar-refractivity contribution in [2.75, 3.05) is 0 Å². The van der Waals surface area contributed by atoms with Gasteiger partial charge in [-0.1, -0.05) is 0 Å². The second kappa shape index (κ2) is 8.16. The van der Waals surface area contributed by atoms with Crippen molar-refractivity contribution < 1.29 is 5.11 Å². The summed E-state index contributed by atoms with van der Waals surface area (Å²) in [4.78, 5) is 0. The van der Waals surface area contributed by atoms with Gasteiger partial charge in [-0.2, -0.15) is 10.5 Å². The van der Waals surface area contributed by atoms with Crippen LogP contribution < -0.4 is 0 Å². The van der Waals surface area contributed by atoms with Crippen molar-refractivity contribution in [3.8, 4) is 12.1 Å². The molecule has 0 radical (unpaired) electrons. The van der Waals surface area contributed by atoms with Gasteiger partial charge in [0.05, 0.1) is 30.4 Å². The number of rotatable bonds is 1. The predicted molar refractivity (Wildman–Crippen MR) is 33.7 cm³/mol. The van der Waals surface area contributed by atoms with E-state index in [1.54, 1.807) is 12.1 Å².